The molecule has 4 rings (SSSR count). The monoisotopic (exact) mass is 398 g/mol. The van der Waals surface area contributed by atoms with Gasteiger partial charge in [0.1, 0.15) is 0 Å². The van der Waals surface area contributed by atoms with Crippen molar-refractivity contribution in [2.45, 2.75) is 19.9 Å². The topological polar surface area (TPSA) is 80.0 Å². The SMILES string of the molecule is Cc1ccc(C(=O)Nc2ccccc2)cc1NCc1nc(Cc2ccccc2)no1. The number of anilines is 2. The van der Waals surface area contributed by atoms with Gasteiger partial charge in [0.05, 0.1) is 6.54 Å². The highest BCUT2D eigenvalue weighted by Gasteiger charge is 2.11. The van der Waals surface area contributed by atoms with Crippen molar-refractivity contribution in [3.05, 3.63) is 107 Å². The maximum Gasteiger partial charge on any atom is 0.255 e. The molecule has 0 saturated carbocycles. The number of amides is 1. The molecule has 0 fully saturated rings. The van der Waals surface area contributed by atoms with E-state index in [4.69, 9.17) is 4.52 Å². The van der Waals surface area contributed by atoms with Crippen molar-refractivity contribution >= 4 is 17.3 Å². The molecule has 0 spiro atoms. The Balaban J connectivity index is 1.40. The molecule has 6 heteroatoms. The van der Waals surface area contributed by atoms with Gasteiger partial charge in [-0.1, -0.05) is 59.8 Å². The fraction of sp³-hybridized carbons (Fsp3) is 0.125. The first-order valence-corrected chi connectivity index (χ1v) is 9.74. The summed E-state index contributed by atoms with van der Waals surface area (Å²) >= 11 is 0. The first-order valence-electron chi connectivity index (χ1n) is 9.74. The van der Waals surface area contributed by atoms with E-state index in [9.17, 15) is 4.79 Å². The van der Waals surface area contributed by atoms with Crippen LogP contribution in [-0.2, 0) is 13.0 Å². The highest BCUT2D eigenvalue weighted by atomic mass is 16.5. The molecule has 30 heavy (non-hydrogen) atoms. The highest BCUT2D eigenvalue weighted by Crippen LogP contribution is 2.19. The molecule has 3 aromatic carbocycles. The van der Waals surface area contributed by atoms with Gasteiger partial charge in [0, 0.05) is 23.4 Å². The fourth-order valence-corrected chi connectivity index (χ4v) is 3.06. The van der Waals surface area contributed by atoms with E-state index in [1.165, 1.54) is 0 Å². The van der Waals surface area contributed by atoms with E-state index in [1.54, 1.807) is 0 Å². The molecule has 0 saturated heterocycles. The van der Waals surface area contributed by atoms with Gasteiger partial charge in [-0.3, -0.25) is 4.79 Å². The van der Waals surface area contributed by atoms with E-state index in [0.29, 0.717) is 30.2 Å². The molecular weight excluding hydrogens is 376 g/mol. The smallest absolute Gasteiger partial charge is 0.255 e. The van der Waals surface area contributed by atoms with Crippen molar-refractivity contribution in [3.8, 4) is 0 Å². The number of rotatable bonds is 7. The van der Waals surface area contributed by atoms with Gasteiger partial charge in [0.15, 0.2) is 5.82 Å². The Morgan fingerprint density at radius 1 is 0.967 bits per heavy atom. The van der Waals surface area contributed by atoms with Crippen molar-refractivity contribution in [2.24, 2.45) is 0 Å². The third-order valence-electron chi connectivity index (χ3n) is 4.68. The minimum Gasteiger partial charge on any atom is -0.376 e. The van der Waals surface area contributed by atoms with Crippen LogP contribution in [0.15, 0.2) is 83.4 Å². The van der Waals surface area contributed by atoms with Crippen LogP contribution in [0.1, 0.15) is 33.2 Å². The third kappa shape index (κ3) is 4.91. The van der Waals surface area contributed by atoms with Crippen LogP contribution in [0.2, 0.25) is 0 Å². The van der Waals surface area contributed by atoms with Crippen LogP contribution < -0.4 is 10.6 Å². The lowest BCUT2D eigenvalue weighted by Crippen LogP contribution is -2.12. The molecule has 0 atom stereocenters. The lowest BCUT2D eigenvalue weighted by Gasteiger charge is -2.10. The minimum atomic E-state index is -0.160. The van der Waals surface area contributed by atoms with Crippen molar-refractivity contribution in [2.75, 3.05) is 10.6 Å². The molecule has 6 nitrogen and oxygen atoms in total. The molecule has 150 valence electrons. The van der Waals surface area contributed by atoms with E-state index in [1.807, 2.05) is 85.8 Å². The van der Waals surface area contributed by atoms with Crippen LogP contribution in [0.5, 0.6) is 0 Å². The summed E-state index contributed by atoms with van der Waals surface area (Å²) < 4.78 is 5.35. The van der Waals surface area contributed by atoms with E-state index >= 15 is 0 Å². The fourth-order valence-electron chi connectivity index (χ4n) is 3.06. The molecule has 0 aliphatic rings. The Hall–Kier alpha value is -3.93. The predicted octanol–water partition coefficient (Wildman–Crippen LogP) is 4.83. The Kier molecular flexibility index (Phi) is 5.85. The average molecular weight is 398 g/mol. The zero-order valence-electron chi connectivity index (χ0n) is 16.6. The number of benzene rings is 3. The summed E-state index contributed by atoms with van der Waals surface area (Å²) in [5, 5.41) is 10.2. The number of hydrogen-bond donors (Lipinski definition) is 2. The number of para-hydroxylation sites is 1. The van der Waals surface area contributed by atoms with Gasteiger partial charge in [0.25, 0.3) is 5.91 Å². The number of hydrogen-bond acceptors (Lipinski definition) is 5. The van der Waals surface area contributed by atoms with E-state index in [-0.39, 0.29) is 5.91 Å². The second-order valence-electron chi connectivity index (χ2n) is 6.97. The van der Waals surface area contributed by atoms with E-state index in [0.717, 1.165) is 22.5 Å². The number of aryl methyl sites for hydroxylation is 1. The summed E-state index contributed by atoms with van der Waals surface area (Å²) in [6.07, 6.45) is 0.624. The Bertz CT molecular complexity index is 1120. The van der Waals surface area contributed by atoms with Crippen molar-refractivity contribution in [1.82, 2.24) is 10.1 Å². The molecule has 1 amide bonds. The standard InChI is InChI=1S/C24H22N4O2/c1-17-12-13-19(24(29)26-20-10-6-3-7-11-20)15-21(17)25-16-23-27-22(28-30-23)14-18-8-4-2-5-9-18/h2-13,15,25H,14,16H2,1H3,(H,26,29). The number of nitrogens with zero attached hydrogens (tertiary/aromatic N) is 2. The largest absolute Gasteiger partial charge is 0.376 e. The van der Waals surface area contributed by atoms with E-state index in [2.05, 4.69) is 20.8 Å². The number of carbonyl (C=O) groups is 1. The molecule has 0 bridgehead atoms. The molecule has 0 aliphatic heterocycles. The van der Waals surface area contributed by atoms with Crippen LogP contribution in [0.3, 0.4) is 0 Å². The lowest BCUT2D eigenvalue weighted by atomic mass is 10.1. The van der Waals surface area contributed by atoms with Crippen LogP contribution >= 0.6 is 0 Å². The second-order valence-corrected chi connectivity index (χ2v) is 6.97. The molecule has 0 aliphatic carbocycles. The summed E-state index contributed by atoms with van der Waals surface area (Å²) in [4.78, 5) is 17.0. The quantitative estimate of drug-likeness (QED) is 0.466. The Morgan fingerprint density at radius 3 is 2.47 bits per heavy atom. The average Bonchev–Trinajstić information content (AvgIpc) is 3.22. The van der Waals surface area contributed by atoms with Gasteiger partial charge in [0.2, 0.25) is 5.89 Å². The number of carbonyl (C=O) groups excluding carboxylic acids is 1. The minimum absolute atomic E-state index is 0.160. The summed E-state index contributed by atoms with van der Waals surface area (Å²) in [6, 6.07) is 25.0. The van der Waals surface area contributed by atoms with Crippen LogP contribution in [0.4, 0.5) is 11.4 Å². The van der Waals surface area contributed by atoms with Crippen molar-refractivity contribution in [3.63, 3.8) is 0 Å². The van der Waals surface area contributed by atoms with Gasteiger partial charge < -0.3 is 15.2 Å². The van der Waals surface area contributed by atoms with Gasteiger partial charge in [-0.05, 0) is 42.3 Å². The molecule has 0 radical (unpaired) electrons. The zero-order valence-corrected chi connectivity index (χ0v) is 16.6. The summed E-state index contributed by atoms with van der Waals surface area (Å²) in [5.74, 6) is 0.984. The van der Waals surface area contributed by atoms with Crippen LogP contribution in [0.25, 0.3) is 0 Å². The number of nitrogens with one attached hydrogen (secondary N) is 2. The maximum atomic E-state index is 12.5. The van der Waals surface area contributed by atoms with Crippen LogP contribution in [-0.4, -0.2) is 16.0 Å². The van der Waals surface area contributed by atoms with Gasteiger partial charge in [-0.2, -0.15) is 4.98 Å². The lowest BCUT2D eigenvalue weighted by molar-refractivity contribution is 0.102. The van der Waals surface area contributed by atoms with Crippen LogP contribution in [0, 0.1) is 6.92 Å². The summed E-state index contributed by atoms with van der Waals surface area (Å²) in [7, 11) is 0. The van der Waals surface area contributed by atoms with Gasteiger partial charge in [-0.25, -0.2) is 0 Å². The van der Waals surface area contributed by atoms with Gasteiger partial charge in [-0.15, -0.1) is 0 Å². The highest BCUT2D eigenvalue weighted by molar-refractivity contribution is 6.04. The molecular formula is C24H22N4O2. The third-order valence-corrected chi connectivity index (χ3v) is 4.68. The normalized spacial score (nSPS) is 10.6. The molecule has 2 N–H and O–H groups in total. The predicted molar refractivity (Wildman–Crippen MR) is 116 cm³/mol. The molecule has 0 unspecified atom stereocenters. The summed E-state index contributed by atoms with van der Waals surface area (Å²) in [6.45, 7) is 2.36. The molecule has 4 aromatic rings. The van der Waals surface area contributed by atoms with Crippen molar-refractivity contribution < 1.29 is 9.32 Å². The van der Waals surface area contributed by atoms with E-state index < -0.39 is 0 Å². The Labute approximate surface area is 175 Å². The first kappa shape index (κ1) is 19.4. The first-order chi connectivity index (χ1) is 14.7. The zero-order chi connectivity index (χ0) is 20.8. The second kappa shape index (κ2) is 9.05. The molecule has 1 aromatic heterocycles. The summed E-state index contributed by atoms with van der Waals surface area (Å²) in [5.41, 5.74) is 4.33. The molecule has 1 heterocycles. The van der Waals surface area contributed by atoms with Gasteiger partial charge >= 0.3 is 0 Å². The van der Waals surface area contributed by atoms with Crippen molar-refractivity contribution in [1.29, 1.82) is 0 Å². The Morgan fingerprint density at radius 2 is 1.70 bits per heavy atom. The number of aromatic nitrogens is 2. The maximum absolute atomic E-state index is 12.5.